The van der Waals surface area contributed by atoms with E-state index in [2.05, 4.69) is 69.1 Å². The maximum absolute atomic E-state index is 12.6. The number of nitrogens with zero attached hydrogens (tertiary/aromatic N) is 2. The molecule has 9 heteroatoms. The van der Waals surface area contributed by atoms with Crippen molar-refractivity contribution in [1.29, 1.82) is 0 Å². The van der Waals surface area contributed by atoms with E-state index < -0.39 is 15.9 Å². The van der Waals surface area contributed by atoms with Crippen LogP contribution in [0.1, 0.15) is 27.0 Å². The number of benzene rings is 3. The van der Waals surface area contributed by atoms with Crippen molar-refractivity contribution in [2.75, 3.05) is 43.4 Å². The van der Waals surface area contributed by atoms with Gasteiger partial charge in [-0.15, -0.1) is 11.3 Å². The molecule has 1 fully saturated rings. The van der Waals surface area contributed by atoms with Crippen LogP contribution in [-0.4, -0.2) is 51.9 Å². The maximum atomic E-state index is 12.6. The maximum Gasteiger partial charge on any atom is 0.273 e. The second-order valence-electron chi connectivity index (χ2n) is 9.73. The van der Waals surface area contributed by atoms with Gasteiger partial charge in [0.15, 0.2) is 0 Å². The van der Waals surface area contributed by atoms with Gasteiger partial charge in [0.25, 0.3) is 15.9 Å². The van der Waals surface area contributed by atoms with Crippen molar-refractivity contribution in [2.45, 2.75) is 11.1 Å². The molecule has 4 aromatic rings. The summed E-state index contributed by atoms with van der Waals surface area (Å²) >= 11 is 0.943. The summed E-state index contributed by atoms with van der Waals surface area (Å²) in [7, 11) is -3.98. The Kier molecular flexibility index (Phi) is 8.35. The third-order valence-corrected chi connectivity index (χ3v) is 9.89. The van der Waals surface area contributed by atoms with Crippen molar-refractivity contribution in [3.8, 4) is 0 Å². The van der Waals surface area contributed by atoms with Gasteiger partial charge in [0.1, 0.15) is 4.21 Å². The smallest absolute Gasteiger partial charge is 0.273 e. The first kappa shape index (κ1) is 27.6. The van der Waals surface area contributed by atoms with Gasteiger partial charge < -0.3 is 10.6 Å². The van der Waals surface area contributed by atoms with E-state index >= 15 is 0 Å². The number of hydrogen-bond donors (Lipinski definition) is 2. The van der Waals surface area contributed by atoms with Gasteiger partial charge >= 0.3 is 0 Å². The highest BCUT2D eigenvalue weighted by Gasteiger charge is 2.22. The summed E-state index contributed by atoms with van der Waals surface area (Å²) in [6, 6.07) is 29.5. The largest absolute Gasteiger partial charge is 0.390 e. The van der Waals surface area contributed by atoms with E-state index in [9.17, 15) is 13.2 Å². The lowest BCUT2D eigenvalue weighted by atomic mass is 9.97. The topological polar surface area (TPSA) is 95.7 Å². The van der Waals surface area contributed by atoms with Crippen LogP contribution in [0.5, 0.6) is 0 Å². The van der Waals surface area contributed by atoms with Crippen LogP contribution in [0.4, 0.5) is 10.7 Å². The zero-order valence-electron chi connectivity index (χ0n) is 22.3. The molecule has 5 rings (SSSR count). The van der Waals surface area contributed by atoms with Crippen molar-refractivity contribution >= 4 is 43.5 Å². The standard InChI is InChI=1S/C31H32N4O3S2/c1-23-22-29(39-30(23)32)40(37,38)33-31(36)26-12-14-27(15-13-26)35-20-18-34(19-21-35)17-16-28(24-8-4-2-5-9-24)25-10-6-3-7-11-25/h2-16,22H,17-21,32H2,1H3,(H,33,36). The van der Waals surface area contributed by atoms with Crippen LogP contribution in [0.15, 0.2) is 101 Å². The Morgan fingerprint density at radius 3 is 1.98 bits per heavy atom. The molecule has 0 saturated carbocycles. The highest BCUT2D eigenvalue weighted by molar-refractivity contribution is 7.92. The van der Waals surface area contributed by atoms with Gasteiger partial charge in [-0.2, -0.15) is 0 Å². The van der Waals surface area contributed by atoms with Gasteiger partial charge in [-0.1, -0.05) is 66.7 Å². The number of piperazine rings is 1. The molecule has 0 radical (unpaired) electrons. The van der Waals surface area contributed by atoms with E-state index in [1.807, 2.05) is 24.3 Å². The van der Waals surface area contributed by atoms with E-state index in [1.165, 1.54) is 22.8 Å². The Bertz CT molecular complexity index is 1530. The second kappa shape index (κ2) is 12.1. The number of aryl methyl sites for hydroxylation is 1. The van der Waals surface area contributed by atoms with E-state index in [0.29, 0.717) is 10.6 Å². The minimum atomic E-state index is -3.98. The fraction of sp³-hybridized carbons (Fsp3) is 0.194. The zero-order chi connectivity index (χ0) is 28.1. The highest BCUT2D eigenvalue weighted by atomic mass is 32.2. The van der Waals surface area contributed by atoms with Crippen LogP contribution < -0.4 is 15.4 Å². The monoisotopic (exact) mass is 572 g/mol. The Balaban J connectivity index is 1.19. The Morgan fingerprint density at radius 2 is 1.45 bits per heavy atom. The Morgan fingerprint density at radius 1 is 0.875 bits per heavy atom. The SMILES string of the molecule is Cc1cc(S(=O)(=O)NC(=O)c2ccc(N3CCN(CC=C(c4ccccc4)c4ccccc4)CC3)cc2)sc1N. The van der Waals surface area contributed by atoms with Gasteiger partial charge in [-0.25, -0.2) is 13.1 Å². The number of nitrogens with two attached hydrogens (primary N) is 1. The van der Waals surface area contributed by atoms with Crippen molar-refractivity contribution in [3.63, 3.8) is 0 Å². The molecule has 1 aliphatic heterocycles. The molecule has 3 aromatic carbocycles. The van der Waals surface area contributed by atoms with Crippen LogP contribution in [0, 0.1) is 6.92 Å². The summed E-state index contributed by atoms with van der Waals surface area (Å²) in [6.45, 7) is 6.14. The average Bonchev–Trinajstić information content (AvgIpc) is 3.33. The predicted molar refractivity (Wildman–Crippen MR) is 163 cm³/mol. The number of carbonyl (C=O) groups excluding carboxylic acids is 1. The molecule has 1 aromatic heterocycles. The van der Waals surface area contributed by atoms with Crippen molar-refractivity contribution in [3.05, 3.63) is 119 Å². The quantitative estimate of drug-likeness (QED) is 0.308. The molecule has 40 heavy (non-hydrogen) atoms. The fourth-order valence-electron chi connectivity index (χ4n) is 4.70. The number of thiophene rings is 1. The van der Waals surface area contributed by atoms with E-state index in [1.54, 1.807) is 19.1 Å². The summed E-state index contributed by atoms with van der Waals surface area (Å²) in [5.74, 6) is -0.666. The van der Waals surface area contributed by atoms with Crippen molar-refractivity contribution < 1.29 is 13.2 Å². The second-order valence-corrected chi connectivity index (χ2v) is 12.7. The number of nitrogen functional groups attached to an aromatic ring is 1. The molecule has 0 bridgehead atoms. The van der Waals surface area contributed by atoms with Crippen LogP contribution in [0.3, 0.4) is 0 Å². The molecule has 2 heterocycles. The molecule has 206 valence electrons. The summed E-state index contributed by atoms with van der Waals surface area (Å²) in [5.41, 5.74) is 11.4. The van der Waals surface area contributed by atoms with Gasteiger partial charge in [0.05, 0.1) is 5.00 Å². The molecule has 7 nitrogen and oxygen atoms in total. The molecule has 1 amide bonds. The molecule has 1 aliphatic rings. The molecule has 1 saturated heterocycles. The minimum Gasteiger partial charge on any atom is -0.390 e. The third-order valence-electron chi connectivity index (χ3n) is 7.02. The molecular formula is C31H32N4O3S2. The number of sulfonamides is 1. The molecule has 0 aliphatic carbocycles. The summed E-state index contributed by atoms with van der Waals surface area (Å²) in [6.07, 6.45) is 2.31. The minimum absolute atomic E-state index is 0.0276. The fourth-order valence-corrected chi connectivity index (χ4v) is 7.00. The summed E-state index contributed by atoms with van der Waals surface area (Å²) in [5, 5.41) is 0.418. The lowest BCUT2D eigenvalue weighted by Gasteiger charge is -2.35. The molecule has 0 unspecified atom stereocenters. The predicted octanol–water partition coefficient (Wildman–Crippen LogP) is 5.01. The molecule has 0 spiro atoms. The average molecular weight is 573 g/mol. The van der Waals surface area contributed by atoms with E-state index in [-0.39, 0.29) is 9.77 Å². The van der Waals surface area contributed by atoms with Crippen LogP contribution >= 0.6 is 11.3 Å². The number of anilines is 2. The highest BCUT2D eigenvalue weighted by Crippen LogP contribution is 2.28. The van der Waals surface area contributed by atoms with Crippen LogP contribution in [-0.2, 0) is 10.0 Å². The molecule has 0 atom stereocenters. The molecule has 3 N–H and O–H groups in total. The zero-order valence-corrected chi connectivity index (χ0v) is 23.9. The van der Waals surface area contributed by atoms with Gasteiger partial charge in [-0.3, -0.25) is 9.69 Å². The Labute approximate surface area is 239 Å². The first-order valence-electron chi connectivity index (χ1n) is 13.1. The number of nitrogens with one attached hydrogen (secondary N) is 1. The van der Waals surface area contributed by atoms with Gasteiger partial charge in [0.2, 0.25) is 0 Å². The number of carbonyl (C=O) groups is 1. The number of rotatable bonds is 8. The van der Waals surface area contributed by atoms with Crippen LogP contribution in [0.25, 0.3) is 5.57 Å². The lowest BCUT2D eigenvalue weighted by molar-refractivity contribution is 0.0981. The third kappa shape index (κ3) is 6.44. The summed E-state index contributed by atoms with van der Waals surface area (Å²) in [4.78, 5) is 17.4. The number of hydrogen-bond acceptors (Lipinski definition) is 7. The normalized spacial score (nSPS) is 14.1. The first-order chi connectivity index (χ1) is 19.3. The van der Waals surface area contributed by atoms with E-state index in [4.69, 9.17) is 5.73 Å². The number of amides is 1. The lowest BCUT2D eigenvalue weighted by Crippen LogP contribution is -2.46. The first-order valence-corrected chi connectivity index (χ1v) is 15.4. The Hall–Kier alpha value is -3.92. The van der Waals surface area contributed by atoms with E-state index in [0.717, 1.165) is 49.7 Å². The van der Waals surface area contributed by atoms with Crippen LogP contribution in [0.2, 0.25) is 0 Å². The van der Waals surface area contributed by atoms with Gasteiger partial charge in [0, 0.05) is 44.0 Å². The molecular weight excluding hydrogens is 541 g/mol. The summed E-state index contributed by atoms with van der Waals surface area (Å²) < 4.78 is 27.3. The van der Waals surface area contributed by atoms with Crippen molar-refractivity contribution in [2.24, 2.45) is 0 Å². The van der Waals surface area contributed by atoms with Crippen molar-refractivity contribution in [1.82, 2.24) is 9.62 Å². The van der Waals surface area contributed by atoms with Gasteiger partial charge in [-0.05, 0) is 59.5 Å².